The van der Waals surface area contributed by atoms with Gasteiger partial charge in [0.1, 0.15) is 12.6 Å². The molecule has 0 saturated heterocycles. The molecule has 0 spiro atoms. The molecule has 0 unspecified atom stereocenters. The Morgan fingerprint density at radius 2 is 2.05 bits per heavy atom. The van der Waals surface area contributed by atoms with Crippen molar-refractivity contribution in [2.24, 2.45) is 5.73 Å². The molecule has 0 aliphatic heterocycles. The van der Waals surface area contributed by atoms with Gasteiger partial charge in [0, 0.05) is 6.07 Å². The summed E-state index contributed by atoms with van der Waals surface area (Å²) >= 11 is 0. The number of aliphatic carboxylic acids is 1. The fourth-order valence-electron chi connectivity index (χ4n) is 1.34. The van der Waals surface area contributed by atoms with Crippen molar-refractivity contribution in [2.75, 3.05) is 0 Å². The van der Waals surface area contributed by atoms with Gasteiger partial charge in [-0.05, 0) is 6.07 Å². The highest BCUT2D eigenvalue weighted by molar-refractivity contribution is 5.81. The molecule has 0 heterocycles. The molecule has 0 amide bonds. The average Bonchev–Trinajstić information content (AvgIpc) is 2.35. The van der Waals surface area contributed by atoms with E-state index in [4.69, 9.17) is 15.6 Å². The van der Waals surface area contributed by atoms with Gasteiger partial charge in [0.15, 0.2) is 0 Å². The van der Waals surface area contributed by atoms with E-state index in [0.29, 0.717) is 0 Å². The van der Waals surface area contributed by atoms with E-state index in [1.54, 1.807) is 6.07 Å². The molecule has 3 N–H and O–H groups in total. The summed E-state index contributed by atoms with van der Waals surface area (Å²) in [6.07, 6.45) is -0.560. The summed E-state index contributed by atoms with van der Waals surface area (Å²) in [5, 5.41) is 19.2. The third-order valence-corrected chi connectivity index (χ3v) is 2.26. The van der Waals surface area contributed by atoms with Crippen LogP contribution in [-0.2, 0) is 20.9 Å². The number of ether oxygens (including phenoxy) is 1. The van der Waals surface area contributed by atoms with Crippen LogP contribution >= 0.6 is 0 Å². The second kappa shape index (κ2) is 6.45. The van der Waals surface area contributed by atoms with E-state index in [1.807, 2.05) is 0 Å². The summed E-state index contributed by atoms with van der Waals surface area (Å²) in [6, 6.07) is 4.47. The number of carbonyl (C=O) groups excluding carboxylic acids is 1. The fraction of sp³-hybridized carbons (Fsp3) is 0.273. The van der Waals surface area contributed by atoms with Gasteiger partial charge >= 0.3 is 11.9 Å². The largest absolute Gasteiger partial charge is 0.481 e. The molecule has 1 aromatic rings. The minimum atomic E-state index is -1.29. The summed E-state index contributed by atoms with van der Waals surface area (Å²) in [4.78, 5) is 31.8. The standard InChI is InChI=1S/C11H12N2O6/c12-8(5-10(14)15)11(16)19-6-7-3-1-2-4-9(7)13(17)18/h1-4,8H,5-6,12H2,(H,14,15)/t8-/m0/s1. The number of para-hydroxylation sites is 1. The first-order valence-electron chi connectivity index (χ1n) is 5.28. The first-order valence-corrected chi connectivity index (χ1v) is 5.28. The number of nitrogens with zero attached hydrogens (tertiary/aromatic N) is 1. The van der Waals surface area contributed by atoms with Crippen LogP contribution in [-0.4, -0.2) is 28.0 Å². The summed E-state index contributed by atoms with van der Waals surface area (Å²) in [6.45, 7) is -0.330. The molecule has 0 saturated carbocycles. The minimum Gasteiger partial charge on any atom is -0.481 e. The van der Waals surface area contributed by atoms with Crippen LogP contribution in [0.5, 0.6) is 0 Å². The van der Waals surface area contributed by atoms with E-state index in [1.165, 1.54) is 18.2 Å². The van der Waals surface area contributed by atoms with Crippen LogP contribution in [0.1, 0.15) is 12.0 Å². The molecule has 102 valence electrons. The lowest BCUT2D eigenvalue weighted by Gasteiger charge is -2.09. The lowest BCUT2D eigenvalue weighted by Crippen LogP contribution is -2.34. The zero-order valence-corrected chi connectivity index (χ0v) is 9.81. The number of nitrogens with two attached hydrogens (primary N) is 1. The Morgan fingerprint density at radius 1 is 1.42 bits per heavy atom. The van der Waals surface area contributed by atoms with E-state index >= 15 is 0 Å². The molecule has 8 heteroatoms. The van der Waals surface area contributed by atoms with Gasteiger partial charge in [-0.3, -0.25) is 19.7 Å². The number of carbonyl (C=O) groups is 2. The molecule has 1 atom stereocenters. The van der Waals surface area contributed by atoms with E-state index < -0.39 is 29.3 Å². The Bertz CT molecular complexity index is 502. The van der Waals surface area contributed by atoms with Crippen LogP contribution in [0.2, 0.25) is 0 Å². The molecule has 0 aromatic heterocycles. The van der Waals surface area contributed by atoms with Crippen LogP contribution in [0.15, 0.2) is 24.3 Å². The van der Waals surface area contributed by atoms with Crippen LogP contribution in [0.25, 0.3) is 0 Å². The van der Waals surface area contributed by atoms with Gasteiger partial charge in [0.05, 0.1) is 16.9 Å². The number of nitro benzene ring substituents is 1. The lowest BCUT2D eigenvalue weighted by molar-refractivity contribution is -0.385. The van der Waals surface area contributed by atoms with E-state index in [0.717, 1.165) is 0 Å². The summed E-state index contributed by atoms with van der Waals surface area (Å²) in [5.41, 5.74) is 5.32. The van der Waals surface area contributed by atoms with Crippen molar-refractivity contribution in [3.05, 3.63) is 39.9 Å². The quantitative estimate of drug-likeness (QED) is 0.434. The zero-order valence-electron chi connectivity index (χ0n) is 9.81. The molecule has 19 heavy (non-hydrogen) atoms. The number of benzene rings is 1. The van der Waals surface area contributed by atoms with Crippen LogP contribution in [0.3, 0.4) is 0 Å². The number of esters is 1. The molecule has 8 nitrogen and oxygen atoms in total. The highest BCUT2D eigenvalue weighted by atomic mass is 16.6. The molecule has 0 radical (unpaired) electrons. The Labute approximate surface area is 107 Å². The van der Waals surface area contributed by atoms with Crippen molar-refractivity contribution in [3.8, 4) is 0 Å². The van der Waals surface area contributed by atoms with Crippen molar-refractivity contribution in [2.45, 2.75) is 19.1 Å². The van der Waals surface area contributed by atoms with Crippen molar-refractivity contribution >= 4 is 17.6 Å². The number of rotatable bonds is 6. The normalized spacial score (nSPS) is 11.6. The monoisotopic (exact) mass is 268 g/mol. The molecule has 0 bridgehead atoms. The maximum absolute atomic E-state index is 11.4. The first kappa shape index (κ1) is 14.6. The van der Waals surface area contributed by atoms with E-state index in [-0.39, 0.29) is 17.9 Å². The Balaban J connectivity index is 2.64. The molecule has 0 aliphatic rings. The number of hydrogen-bond acceptors (Lipinski definition) is 6. The van der Waals surface area contributed by atoms with E-state index in [2.05, 4.69) is 0 Å². The molecule has 1 rings (SSSR count). The Kier molecular flexibility index (Phi) is 4.95. The topological polar surface area (TPSA) is 133 Å². The zero-order chi connectivity index (χ0) is 14.4. The summed E-state index contributed by atoms with van der Waals surface area (Å²) < 4.78 is 4.75. The molecular weight excluding hydrogens is 256 g/mol. The van der Waals surface area contributed by atoms with Gasteiger partial charge in [0.2, 0.25) is 0 Å². The number of hydrogen-bond donors (Lipinski definition) is 2. The van der Waals surface area contributed by atoms with Crippen molar-refractivity contribution in [1.82, 2.24) is 0 Å². The van der Waals surface area contributed by atoms with Crippen molar-refractivity contribution in [1.29, 1.82) is 0 Å². The molecule has 1 aromatic carbocycles. The van der Waals surface area contributed by atoms with Gasteiger partial charge in [-0.1, -0.05) is 12.1 Å². The first-order chi connectivity index (χ1) is 8.91. The maximum atomic E-state index is 11.4. The van der Waals surface area contributed by atoms with E-state index in [9.17, 15) is 19.7 Å². The van der Waals surface area contributed by atoms with Crippen LogP contribution < -0.4 is 5.73 Å². The van der Waals surface area contributed by atoms with Crippen molar-refractivity contribution in [3.63, 3.8) is 0 Å². The second-order valence-corrected chi connectivity index (χ2v) is 3.70. The summed E-state index contributed by atoms with van der Waals surface area (Å²) in [7, 11) is 0. The van der Waals surface area contributed by atoms with Crippen LogP contribution in [0, 0.1) is 10.1 Å². The van der Waals surface area contributed by atoms with Gasteiger partial charge < -0.3 is 15.6 Å². The van der Waals surface area contributed by atoms with Crippen LogP contribution in [0.4, 0.5) is 5.69 Å². The second-order valence-electron chi connectivity index (χ2n) is 3.70. The predicted octanol–water partition coefficient (Wildman–Crippen LogP) is 0.440. The smallest absolute Gasteiger partial charge is 0.323 e. The van der Waals surface area contributed by atoms with Crippen molar-refractivity contribution < 1.29 is 24.4 Å². The predicted molar refractivity (Wildman–Crippen MR) is 63.1 cm³/mol. The van der Waals surface area contributed by atoms with Gasteiger partial charge in [-0.15, -0.1) is 0 Å². The Hall–Kier alpha value is -2.48. The highest BCUT2D eigenvalue weighted by Crippen LogP contribution is 2.18. The third-order valence-electron chi connectivity index (χ3n) is 2.26. The number of nitro groups is 1. The summed E-state index contributed by atoms with van der Waals surface area (Å²) in [5.74, 6) is -2.14. The highest BCUT2D eigenvalue weighted by Gasteiger charge is 2.20. The molecule has 0 aliphatic carbocycles. The average molecular weight is 268 g/mol. The molecular formula is C11H12N2O6. The molecule has 0 fully saturated rings. The number of carboxylic acid groups (broad SMARTS) is 1. The van der Waals surface area contributed by atoms with Gasteiger partial charge in [-0.25, -0.2) is 0 Å². The minimum absolute atomic E-state index is 0.179. The Morgan fingerprint density at radius 3 is 2.63 bits per heavy atom. The maximum Gasteiger partial charge on any atom is 0.323 e. The fourth-order valence-corrected chi connectivity index (χ4v) is 1.34. The third kappa shape index (κ3) is 4.36. The SMILES string of the molecule is N[C@@H](CC(=O)O)C(=O)OCc1ccccc1[N+](=O)[O-]. The number of carboxylic acids is 1. The lowest BCUT2D eigenvalue weighted by atomic mass is 10.2. The van der Waals surface area contributed by atoms with Gasteiger partial charge in [0.25, 0.3) is 5.69 Å². The van der Waals surface area contributed by atoms with Gasteiger partial charge in [-0.2, -0.15) is 0 Å².